The quantitative estimate of drug-likeness (QED) is 0.778. The standard InChI is InChI=1S/C16H17ClO3/c1-15-7-4-8-16(15,14(18)19-2)20-13(10-15)11-5-3-6-12(17)9-11/h3,5-6,9-10H,4,7-8H2,1-2H3/t15-,16+/m0/s1. The summed E-state index contributed by atoms with van der Waals surface area (Å²) in [5.41, 5.74) is -0.284. The van der Waals surface area contributed by atoms with E-state index in [0.717, 1.165) is 24.2 Å². The zero-order valence-corrected chi connectivity index (χ0v) is 12.4. The molecule has 4 heteroatoms. The largest absolute Gasteiger partial charge is 0.474 e. The molecule has 1 aromatic rings. The Balaban J connectivity index is 2.02. The number of benzene rings is 1. The van der Waals surface area contributed by atoms with E-state index < -0.39 is 5.60 Å². The van der Waals surface area contributed by atoms with Gasteiger partial charge < -0.3 is 9.47 Å². The Morgan fingerprint density at radius 3 is 2.90 bits per heavy atom. The lowest BCUT2D eigenvalue weighted by Gasteiger charge is -2.33. The van der Waals surface area contributed by atoms with Crippen LogP contribution < -0.4 is 0 Å². The third kappa shape index (κ3) is 1.76. The maximum absolute atomic E-state index is 12.3. The van der Waals surface area contributed by atoms with Crippen LogP contribution in [0.2, 0.25) is 5.02 Å². The fraction of sp³-hybridized carbons (Fsp3) is 0.438. The monoisotopic (exact) mass is 292 g/mol. The number of halogens is 1. The molecule has 1 aliphatic carbocycles. The van der Waals surface area contributed by atoms with Gasteiger partial charge >= 0.3 is 5.97 Å². The summed E-state index contributed by atoms with van der Waals surface area (Å²) in [4.78, 5) is 12.3. The van der Waals surface area contributed by atoms with Crippen LogP contribution >= 0.6 is 11.6 Å². The number of hydrogen-bond donors (Lipinski definition) is 0. The van der Waals surface area contributed by atoms with Gasteiger partial charge in [-0.05, 0) is 37.5 Å². The summed E-state index contributed by atoms with van der Waals surface area (Å²) in [6, 6.07) is 7.48. The summed E-state index contributed by atoms with van der Waals surface area (Å²) >= 11 is 6.03. The van der Waals surface area contributed by atoms with Crippen LogP contribution in [0.25, 0.3) is 5.76 Å². The van der Waals surface area contributed by atoms with Gasteiger partial charge in [0.05, 0.1) is 7.11 Å². The molecule has 1 heterocycles. The highest BCUT2D eigenvalue weighted by molar-refractivity contribution is 6.30. The molecule has 0 radical (unpaired) electrons. The third-order valence-electron chi connectivity index (χ3n) is 4.51. The molecule has 3 rings (SSSR count). The molecular weight excluding hydrogens is 276 g/mol. The Hall–Kier alpha value is -1.48. The van der Waals surface area contributed by atoms with Gasteiger partial charge in [0.15, 0.2) is 0 Å². The number of fused-ring (bicyclic) bond motifs is 1. The van der Waals surface area contributed by atoms with Crippen molar-refractivity contribution in [1.82, 2.24) is 0 Å². The van der Waals surface area contributed by atoms with Crippen LogP contribution in [0.15, 0.2) is 30.3 Å². The third-order valence-corrected chi connectivity index (χ3v) is 4.74. The van der Waals surface area contributed by atoms with E-state index in [2.05, 4.69) is 13.0 Å². The highest BCUT2D eigenvalue weighted by Gasteiger charge is 2.62. The first-order chi connectivity index (χ1) is 9.51. The lowest BCUT2D eigenvalue weighted by molar-refractivity contribution is -0.166. The van der Waals surface area contributed by atoms with Crippen LogP contribution in [0.4, 0.5) is 0 Å². The van der Waals surface area contributed by atoms with Gasteiger partial charge in [-0.25, -0.2) is 4.79 Å². The molecule has 1 saturated carbocycles. The molecular formula is C16H17ClO3. The van der Waals surface area contributed by atoms with Crippen LogP contribution in [0, 0.1) is 5.41 Å². The van der Waals surface area contributed by atoms with Crippen molar-refractivity contribution in [1.29, 1.82) is 0 Å². The zero-order valence-electron chi connectivity index (χ0n) is 11.6. The number of carbonyl (C=O) groups is 1. The van der Waals surface area contributed by atoms with Crippen molar-refractivity contribution in [2.75, 3.05) is 7.11 Å². The van der Waals surface area contributed by atoms with E-state index in [1.165, 1.54) is 7.11 Å². The molecule has 0 aromatic heterocycles. The van der Waals surface area contributed by atoms with Crippen LogP contribution in [0.1, 0.15) is 31.7 Å². The molecule has 1 aromatic carbocycles. The Bertz CT molecular complexity index is 595. The molecule has 0 bridgehead atoms. The molecule has 3 nitrogen and oxygen atoms in total. The second-order valence-electron chi connectivity index (χ2n) is 5.71. The molecule has 0 spiro atoms. The minimum atomic E-state index is -0.876. The SMILES string of the molecule is COC(=O)[C@]12CCC[C@@]1(C)C=C(c1cccc(Cl)c1)O2. The summed E-state index contributed by atoms with van der Waals surface area (Å²) < 4.78 is 11.1. The molecule has 0 unspecified atom stereocenters. The van der Waals surface area contributed by atoms with Gasteiger partial charge in [0.2, 0.25) is 5.60 Å². The van der Waals surface area contributed by atoms with Crippen LogP contribution in [0.5, 0.6) is 0 Å². The maximum Gasteiger partial charge on any atom is 0.351 e. The number of hydrogen-bond acceptors (Lipinski definition) is 3. The summed E-state index contributed by atoms with van der Waals surface area (Å²) in [6.07, 6.45) is 4.64. The van der Waals surface area contributed by atoms with E-state index >= 15 is 0 Å². The second-order valence-corrected chi connectivity index (χ2v) is 6.15. The first-order valence-corrected chi connectivity index (χ1v) is 7.15. The van der Waals surface area contributed by atoms with Gasteiger partial charge in [-0.2, -0.15) is 0 Å². The smallest absolute Gasteiger partial charge is 0.351 e. The summed E-state index contributed by atoms with van der Waals surface area (Å²) in [7, 11) is 1.41. The number of ether oxygens (including phenoxy) is 2. The van der Waals surface area contributed by atoms with Crippen molar-refractivity contribution in [2.45, 2.75) is 31.8 Å². The fourth-order valence-electron chi connectivity index (χ4n) is 3.38. The molecule has 0 saturated heterocycles. The van der Waals surface area contributed by atoms with Crippen molar-refractivity contribution in [3.63, 3.8) is 0 Å². The first-order valence-electron chi connectivity index (χ1n) is 6.77. The fourth-order valence-corrected chi connectivity index (χ4v) is 3.57. The normalized spacial score (nSPS) is 31.4. The minimum absolute atomic E-state index is 0.286. The van der Waals surface area contributed by atoms with Gasteiger partial charge in [0, 0.05) is 16.0 Å². The van der Waals surface area contributed by atoms with Crippen LogP contribution in [-0.4, -0.2) is 18.7 Å². The van der Waals surface area contributed by atoms with Crippen molar-refractivity contribution < 1.29 is 14.3 Å². The van der Waals surface area contributed by atoms with Gasteiger partial charge in [-0.1, -0.05) is 30.7 Å². The molecule has 1 aliphatic heterocycles. The van der Waals surface area contributed by atoms with Crippen molar-refractivity contribution in [2.24, 2.45) is 5.41 Å². The van der Waals surface area contributed by atoms with E-state index in [0.29, 0.717) is 11.4 Å². The molecule has 106 valence electrons. The van der Waals surface area contributed by atoms with Crippen LogP contribution in [-0.2, 0) is 14.3 Å². The lowest BCUT2D eigenvalue weighted by atomic mass is 9.77. The first kappa shape index (κ1) is 13.5. The summed E-state index contributed by atoms with van der Waals surface area (Å²) in [6.45, 7) is 2.06. The van der Waals surface area contributed by atoms with E-state index in [9.17, 15) is 4.79 Å². The van der Waals surface area contributed by atoms with Crippen molar-refractivity contribution in [3.05, 3.63) is 40.9 Å². The Morgan fingerprint density at radius 1 is 1.40 bits per heavy atom. The average molecular weight is 293 g/mol. The minimum Gasteiger partial charge on any atom is -0.474 e. The van der Waals surface area contributed by atoms with Crippen LogP contribution in [0.3, 0.4) is 0 Å². The van der Waals surface area contributed by atoms with Crippen molar-refractivity contribution >= 4 is 23.3 Å². The second kappa shape index (κ2) is 4.52. The Morgan fingerprint density at radius 2 is 2.20 bits per heavy atom. The van der Waals surface area contributed by atoms with E-state index in [1.54, 1.807) is 0 Å². The average Bonchev–Trinajstić information content (AvgIpc) is 2.89. The Labute approximate surface area is 123 Å². The topological polar surface area (TPSA) is 35.5 Å². The molecule has 0 N–H and O–H groups in total. The zero-order chi connectivity index (χ0) is 14.4. The maximum atomic E-state index is 12.3. The number of carbonyl (C=O) groups excluding carboxylic acids is 1. The lowest BCUT2D eigenvalue weighted by Crippen LogP contribution is -2.47. The van der Waals surface area contributed by atoms with Gasteiger partial charge in [-0.15, -0.1) is 0 Å². The highest BCUT2D eigenvalue weighted by Crippen LogP contribution is 2.57. The summed E-state index contributed by atoms with van der Waals surface area (Å²) in [5, 5.41) is 0.654. The van der Waals surface area contributed by atoms with E-state index in [-0.39, 0.29) is 11.4 Å². The molecule has 2 atom stereocenters. The molecule has 0 amide bonds. The predicted molar refractivity (Wildman–Crippen MR) is 77.2 cm³/mol. The molecule has 2 aliphatic rings. The van der Waals surface area contributed by atoms with E-state index in [1.807, 2.05) is 24.3 Å². The number of rotatable bonds is 2. The van der Waals surface area contributed by atoms with E-state index in [4.69, 9.17) is 21.1 Å². The van der Waals surface area contributed by atoms with Crippen molar-refractivity contribution in [3.8, 4) is 0 Å². The van der Waals surface area contributed by atoms with Gasteiger partial charge in [0.25, 0.3) is 0 Å². The molecule has 20 heavy (non-hydrogen) atoms. The van der Waals surface area contributed by atoms with Gasteiger partial charge in [-0.3, -0.25) is 0 Å². The molecule has 1 fully saturated rings. The predicted octanol–water partition coefficient (Wildman–Crippen LogP) is 3.81. The highest BCUT2D eigenvalue weighted by atomic mass is 35.5. The number of esters is 1. The number of methoxy groups -OCH3 is 1. The van der Waals surface area contributed by atoms with Gasteiger partial charge in [0.1, 0.15) is 5.76 Å². The summed E-state index contributed by atoms with van der Waals surface area (Å²) in [5.74, 6) is 0.436. The Kier molecular flexibility index (Phi) is 3.05.